The topological polar surface area (TPSA) is 64.6 Å². The molecule has 1 aromatic heterocycles. The van der Waals surface area contributed by atoms with Gasteiger partial charge in [-0.3, -0.25) is 0 Å². The Morgan fingerprint density at radius 2 is 1.72 bits per heavy atom. The van der Waals surface area contributed by atoms with Crippen LogP contribution in [-0.2, 0) is 6.18 Å². The van der Waals surface area contributed by atoms with E-state index >= 15 is 0 Å². The molecule has 0 saturated carbocycles. The summed E-state index contributed by atoms with van der Waals surface area (Å²) in [5.74, 6) is 1.65. The quantitative estimate of drug-likeness (QED) is 0.762. The SMILES string of the molecule is CC1CCCCN1c1ccc(N2CCN(C(=O)Nc3cccc(C(F)(F)F)c3)CC2)nn1. The number of piperidine rings is 1. The summed E-state index contributed by atoms with van der Waals surface area (Å²) in [6.45, 7) is 5.23. The zero-order chi connectivity index (χ0) is 22.7. The molecule has 2 aliphatic heterocycles. The van der Waals surface area contributed by atoms with Gasteiger partial charge in [0.25, 0.3) is 0 Å². The highest BCUT2D eigenvalue weighted by atomic mass is 19.4. The minimum absolute atomic E-state index is 0.126. The smallest absolute Gasteiger partial charge is 0.352 e. The maximum atomic E-state index is 12.9. The van der Waals surface area contributed by atoms with E-state index < -0.39 is 17.8 Å². The van der Waals surface area contributed by atoms with E-state index in [0.29, 0.717) is 32.2 Å². The molecule has 2 fully saturated rings. The van der Waals surface area contributed by atoms with Gasteiger partial charge in [0.15, 0.2) is 11.6 Å². The Labute approximate surface area is 185 Å². The van der Waals surface area contributed by atoms with Crippen LogP contribution in [0.5, 0.6) is 0 Å². The number of anilines is 3. The first kappa shape index (κ1) is 22.2. The van der Waals surface area contributed by atoms with Crippen molar-refractivity contribution in [2.75, 3.05) is 47.8 Å². The Hall–Kier alpha value is -3.04. The van der Waals surface area contributed by atoms with Crippen LogP contribution in [0.3, 0.4) is 0 Å². The second-order valence-corrected chi connectivity index (χ2v) is 8.27. The third kappa shape index (κ3) is 5.05. The summed E-state index contributed by atoms with van der Waals surface area (Å²) in [6.07, 6.45) is -0.879. The fourth-order valence-corrected chi connectivity index (χ4v) is 4.19. The Balaban J connectivity index is 1.31. The van der Waals surface area contributed by atoms with E-state index in [2.05, 4.69) is 32.2 Å². The van der Waals surface area contributed by atoms with Gasteiger partial charge in [0.1, 0.15) is 0 Å². The molecule has 2 aromatic rings. The molecule has 0 radical (unpaired) electrons. The Bertz CT molecular complexity index is 928. The zero-order valence-electron chi connectivity index (χ0n) is 18.0. The number of amides is 2. The Morgan fingerprint density at radius 1 is 1.00 bits per heavy atom. The number of aromatic nitrogens is 2. The van der Waals surface area contributed by atoms with Gasteiger partial charge in [-0.05, 0) is 56.5 Å². The van der Waals surface area contributed by atoms with Crippen molar-refractivity contribution in [2.45, 2.75) is 38.4 Å². The first-order valence-electron chi connectivity index (χ1n) is 10.9. The molecule has 172 valence electrons. The van der Waals surface area contributed by atoms with E-state index in [0.717, 1.165) is 43.2 Å². The summed E-state index contributed by atoms with van der Waals surface area (Å²) in [4.78, 5) is 18.4. The molecular formula is C22H27F3N6O. The van der Waals surface area contributed by atoms with Crippen molar-refractivity contribution in [2.24, 2.45) is 0 Å². The highest BCUT2D eigenvalue weighted by Crippen LogP contribution is 2.30. The van der Waals surface area contributed by atoms with Gasteiger partial charge in [-0.2, -0.15) is 13.2 Å². The summed E-state index contributed by atoms with van der Waals surface area (Å²) in [5, 5.41) is 11.4. The maximum absolute atomic E-state index is 12.9. The van der Waals surface area contributed by atoms with Crippen molar-refractivity contribution in [1.82, 2.24) is 15.1 Å². The van der Waals surface area contributed by atoms with Crippen LogP contribution < -0.4 is 15.1 Å². The van der Waals surface area contributed by atoms with Crippen LogP contribution >= 0.6 is 0 Å². The number of piperazine rings is 1. The van der Waals surface area contributed by atoms with Crippen LogP contribution in [0.1, 0.15) is 31.7 Å². The number of benzene rings is 1. The van der Waals surface area contributed by atoms with Gasteiger partial charge >= 0.3 is 12.2 Å². The number of hydrogen-bond acceptors (Lipinski definition) is 5. The van der Waals surface area contributed by atoms with E-state index in [1.165, 1.54) is 18.6 Å². The molecule has 0 spiro atoms. The fraction of sp³-hybridized carbons (Fsp3) is 0.500. The van der Waals surface area contributed by atoms with Gasteiger partial charge in [-0.1, -0.05) is 6.07 Å². The number of alkyl halides is 3. The predicted octanol–water partition coefficient (Wildman–Crippen LogP) is 4.23. The largest absolute Gasteiger partial charge is 0.416 e. The molecule has 7 nitrogen and oxygen atoms in total. The lowest BCUT2D eigenvalue weighted by Crippen LogP contribution is -2.50. The summed E-state index contributed by atoms with van der Waals surface area (Å²) in [7, 11) is 0. The average molecular weight is 448 g/mol. The number of nitrogens with zero attached hydrogens (tertiary/aromatic N) is 5. The highest BCUT2D eigenvalue weighted by Gasteiger charge is 2.31. The molecule has 1 atom stereocenters. The number of hydrogen-bond donors (Lipinski definition) is 1. The molecule has 2 aliphatic rings. The molecule has 1 unspecified atom stereocenters. The number of nitrogens with one attached hydrogen (secondary N) is 1. The molecule has 4 rings (SSSR count). The van der Waals surface area contributed by atoms with Crippen molar-refractivity contribution in [3.63, 3.8) is 0 Å². The summed E-state index contributed by atoms with van der Waals surface area (Å²) >= 11 is 0. The lowest BCUT2D eigenvalue weighted by Gasteiger charge is -2.36. The molecular weight excluding hydrogens is 421 g/mol. The van der Waals surface area contributed by atoms with Crippen LogP contribution in [0.25, 0.3) is 0 Å². The number of rotatable bonds is 3. The fourth-order valence-electron chi connectivity index (χ4n) is 4.19. The summed E-state index contributed by atoms with van der Waals surface area (Å²) < 4.78 is 38.6. The zero-order valence-corrected chi connectivity index (χ0v) is 18.0. The van der Waals surface area contributed by atoms with Crippen LogP contribution in [-0.4, -0.2) is 59.9 Å². The first-order valence-corrected chi connectivity index (χ1v) is 10.9. The van der Waals surface area contributed by atoms with E-state index in [1.54, 1.807) is 4.90 Å². The van der Waals surface area contributed by atoms with Crippen LogP contribution in [0.4, 0.5) is 35.3 Å². The number of halogens is 3. The molecule has 0 bridgehead atoms. The first-order chi connectivity index (χ1) is 15.3. The third-order valence-corrected chi connectivity index (χ3v) is 6.07. The lowest BCUT2D eigenvalue weighted by atomic mass is 10.0. The molecule has 0 aliphatic carbocycles. The molecule has 10 heteroatoms. The standard InChI is InChI=1S/C22H27F3N6O/c1-16-5-2-3-10-31(16)20-9-8-19(27-28-20)29-11-13-30(14-12-29)21(32)26-18-7-4-6-17(15-18)22(23,24)25/h4,6-9,15-16H,2-3,5,10-14H2,1H3,(H,26,32). The highest BCUT2D eigenvalue weighted by molar-refractivity contribution is 5.89. The molecule has 3 heterocycles. The van der Waals surface area contributed by atoms with Crippen molar-refractivity contribution in [3.05, 3.63) is 42.0 Å². The molecule has 2 saturated heterocycles. The van der Waals surface area contributed by atoms with Crippen molar-refractivity contribution in [3.8, 4) is 0 Å². The molecule has 32 heavy (non-hydrogen) atoms. The number of urea groups is 1. The third-order valence-electron chi connectivity index (χ3n) is 6.07. The second-order valence-electron chi connectivity index (χ2n) is 8.27. The normalized spacial score (nSPS) is 19.8. The van der Waals surface area contributed by atoms with E-state index in [4.69, 9.17) is 0 Å². The Kier molecular flexibility index (Phi) is 6.38. The lowest BCUT2D eigenvalue weighted by molar-refractivity contribution is -0.137. The van der Waals surface area contributed by atoms with Gasteiger partial charge in [-0.15, -0.1) is 10.2 Å². The van der Waals surface area contributed by atoms with Gasteiger partial charge < -0.3 is 20.0 Å². The van der Waals surface area contributed by atoms with Gasteiger partial charge in [-0.25, -0.2) is 4.79 Å². The van der Waals surface area contributed by atoms with Crippen LogP contribution in [0.2, 0.25) is 0 Å². The average Bonchev–Trinajstić information content (AvgIpc) is 2.79. The van der Waals surface area contributed by atoms with E-state index in [9.17, 15) is 18.0 Å². The van der Waals surface area contributed by atoms with E-state index in [-0.39, 0.29) is 5.69 Å². The summed E-state index contributed by atoms with van der Waals surface area (Å²) in [6, 6.07) is 8.65. The molecule has 1 N–H and O–H groups in total. The van der Waals surface area contributed by atoms with Gasteiger partial charge in [0, 0.05) is 44.5 Å². The van der Waals surface area contributed by atoms with Gasteiger partial charge in [0.2, 0.25) is 0 Å². The summed E-state index contributed by atoms with van der Waals surface area (Å²) in [5.41, 5.74) is -0.665. The van der Waals surface area contributed by atoms with Crippen molar-refractivity contribution >= 4 is 23.4 Å². The Morgan fingerprint density at radius 3 is 2.38 bits per heavy atom. The minimum atomic E-state index is -4.45. The number of carbonyl (C=O) groups excluding carboxylic acids is 1. The maximum Gasteiger partial charge on any atom is 0.416 e. The van der Waals surface area contributed by atoms with Crippen LogP contribution in [0, 0.1) is 0 Å². The molecule has 2 amide bonds. The van der Waals surface area contributed by atoms with Crippen LogP contribution in [0.15, 0.2) is 36.4 Å². The van der Waals surface area contributed by atoms with Crippen molar-refractivity contribution < 1.29 is 18.0 Å². The van der Waals surface area contributed by atoms with E-state index in [1.807, 2.05) is 12.1 Å². The van der Waals surface area contributed by atoms with Crippen molar-refractivity contribution in [1.29, 1.82) is 0 Å². The molecule has 1 aromatic carbocycles. The number of carbonyl (C=O) groups is 1. The second kappa shape index (κ2) is 9.22. The monoisotopic (exact) mass is 448 g/mol. The predicted molar refractivity (Wildman–Crippen MR) is 117 cm³/mol. The van der Waals surface area contributed by atoms with Gasteiger partial charge in [0.05, 0.1) is 5.56 Å². The minimum Gasteiger partial charge on any atom is -0.352 e.